The second-order valence-electron chi connectivity index (χ2n) is 3.42. The summed E-state index contributed by atoms with van der Waals surface area (Å²) in [5, 5.41) is 3.20. The number of anilines is 1. The summed E-state index contributed by atoms with van der Waals surface area (Å²) in [7, 11) is 0. The first-order chi connectivity index (χ1) is 7.90. The van der Waals surface area contributed by atoms with Crippen molar-refractivity contribution >= 4 is 5.95 Å². The molecule has 16 heavy (non-hydrogen) atoms. The molecule has 1 atom stereocenters. The van der Waals surface area contributed by atoms with Crippen LogP contribution in [0.2, 0.25) is 0 Å². The maximum Gasteiger partial charge on any atom is 0.223 e. The van der Waals surface area contributed by atoms with E-state index in [-0.39, 0.29) is 6.04 Å². The Kier molecular flexibility index (Phi) is 3.46. The fourth-order valence-corrected chi connectivity index (χ4v) is 1.49. The van der Waals surface area contributed by atoms with Crippen LogP contribution in [-0.4, -0.2) is 16.5 Å². The lowest BCUT2D eigenvalue weighted by Gasteiger charge is -2.16. The molecule has 1 unspecified atom stereocenters. The lowest BCUT2D eigenvalue weighted by Crippen LogP contribution is -2.21. The van der Waals surface area contributed by atoms with Gasteiger partial charge in [-0.05, 0) is 11.6 Å². The number of aromatic nitrogens is 2. The fourth-order valence-electron chi connectivity index (χ4n) is 1.49. The van der Waals surface area contributed by atoms with Gasteiger partial charge in [0.1, 0.15) is 0 Å². The van der Waals surface area contributed by atoms with E-state index < -0.39 is 0 Å². The molecule has 0 amide bonds. The number of benzene rings is 1. The maximum atomic E-state index is 5.73. The van der Waals surface area contributed by atoms with Gasteiger partial charge in [-0.25, -0.2) is 9.97 Å². The van der Waals surface area contributed by atoms with Gasteiger partial charge in [0.05, 0.1) is 6.04 Å². The summed E-state index contributed by atoms with van der Waals surface area (Å²) in [4.78, 5) is 8.23. The van der Waals surface area contributed by atoms with Crippen LogP contribution in [-0.2, 0) is 0 Å². The molecule has 0 fully saturated rings. The van der Waals surface area contributed by atoms with Crippen molar-refractivity contribution < 1.29 is 0 Å². The zero-order valence-electron chi connectivity index (χ0n) is 8.88. The molecule has 1 aromatic heterocycles. The molecule has 0 aliphatic rings. The van der Waals surface area contributed by atoms with Gasteiger partial charge in [0, 0.05) is 18.9 Å². The summed E-state index contributed by atoms with van der Waals surface area (Å²) in [6.07, 6.45) is 3.40. The number of hydrogen-bond acceptors (Lipinski definition) is 4. The SMILES string of the molecule is NCC(Nc1ncccn1)c1ccccc1. The third-order valence-electron chi connectivity index (χ3n) is 2.31. The van der Waals surface area contributed by atoms with Gasteiger partial charge in [-0.2, -0.15) is 0 Å². The quantitative estimate of drug-likeness (QED) is 0.811. The van der Waals surface area contributed by atoms with Crippen LogP contribution < -0.4 is 11.1 Å². The lowest BCUT2D eigenvalue weighted by molar-refractivity contribution is 0.776. The van der Waals surface area contributed by atoms with Gasteiger partial charge in [-0.1, -0.05) is 30.3 Å². The van der Waals surface area contributed by atoms with Gasteiger partial charge in [-0.15, -0.1) is 0 Å². The van der Waals surface area contributed by atoms with Crippen molar-refractivity contribution in [3.05, 3.63) is 54.4 Å². The van der Waals surface area contributed by atoms with E-state index in [0.717, 1.165) is 5.56 Å². The fraction of sp³-hybridized carbons (Fsp3) is 0.167. The Morgan fingerprint density at radius 3 is 2.38 bits per heavy atom. The van der Waals surface area contributed by atoms with Crippen molar-refractivity contribution in [1.29, 1.82) is 0 Å². The molecule has 1 aromatic carbocycles. The van der Waals surface area contributed by atoms with Crippen LogP contribution in [0.1, 0.15) is 11.6 Å². The zero-order chi connectivity index (χ0) is 11.2. The van der Waals surface area contributed by atoms with E-state index >= 15 is 0 Å². The van der Waals surface area contributed by atoms with Crippen LogP contribution >= 0.6 is 0 Å². The molecule has 0 aliphatic carbocycles. The first kappa shape index (κ1) is 10.6. The normalized spacial score (nSPS) is 12.1. The number of nitrogens with two attached hydrogens (primary N) is 1. The minimum absolute atomic E-state index is 0.0450. The van der Waals surface area contributed by atoms with Crippen molar-refractivity contribution in [2.24, 2.45) is 5.73 Å². The minimum Gasteiger partial charge on any atom is -0.346 e. The largest absolute Gasteiger partial charge is 0.346 e. The van der Waals surface area contributed by atoms with Gasteiger partial charge in [0.15, 0.2) is 0 Å². The molecular weight excluding hydrogens is 200 g/mol. The van der Waals surface area contributed by atoms with E-state index in [9.17, 15) is 0 Å². The van der Waals surface area contributed by atoms with E-state index in [1.54, 1.807) is 18.5 Å². The van der Waals surface area contributed by atoms with Crippen molar-refractivity contribution in [1.82, 2.24) is 9.97 Å². The molecule has 0 bridgehead atoms. The Labute approximate surface area is 94.5 Å². The second-order valence-corrected chi connectivity index (χ2v) is 3.42. The summed E-state index contributed by atoms with van der Waals surface area (Å²) in [5.41, 5.74) is 6.87. The average Bonchev–Trinajstić information content (AvgIpc) is 2.38. The van der Waals surface area contributed by atoms with Crippen molar-refractivity contribution in [2.45, 2.75) is 6.04 Å². The highest BCUT2D eigenvalue weighted by atomic mass is 15.1. The van der Waals surface area contributed by atoms with Crippen LogP contribution in [0.4, 0.5) is 5.95 Å². The van der Waals surface area contributed by atoms with Crippen LogP contribution in [0.25, 0.3) is 0 Å². The molecule has 0 radical (unpaired) electrons. The summed E-state index contributed by atoms with van der Waals surface area (Å²) in [5.74, 6) is 0.599. The van der Waals surface area contributed by atoms with Crippen molar-refractivity contribution in [2.75, 3.05) is 11.9 Å². The molecule has 0 spiro atoms. The Morgan fingerprint density at radius 1 is 1.06 bits per heavy atom. The minimum atomic E-state index is 0.0450. The third kappa shape index (κ3) is 2.55. The monoisotopic (exact) mass is 214 g/mol. The van der Waals surface area contributed by atoms with Crippen LogP contribution in [0.5, 0.6) is 0 Å². The predicted octanol–water partition coefficient (Wildman–Crippen LogP) is 1.59. The van der Waals surface area contributed by atoms with E-state index in [0.29, 0.717) is 12.5 Å². The molecule has 2 aromatic rings. The molecule has 0 saturated carbocycles. The summed E-state index contributed by atoms with van der Waals surface area (Å²) >= 11 is 0. The highest BCUT2D eigenvalue weighted by molar-refractivity contribution is 5.31. The Hall–Kier alpha value is -1.94. The summed E-state index contributed by atoms with van der Waals surface area (Å²) in [6.45, 7) is 0.502. The standard InChI is InChI=1S/C12H14N4/c13-9-11(10-5-2-1-3-6-10)16-12-14-7-4-8-15-12/h1-8,11H,9,13H2,(H,14,15,16). The van der Waals surface area contributed by atoms with E-state index in [4.69, 9.17) is 5.73 Å². The van der Waals surface area contributed by atoms with E-state index in [1.807, 2.05) is 30.3 Å². The van der Waals surface area contributed by atoms with Crippen LogP contribution in [0.15, 0.2) is 48.8 Å². The van der Waals surface area contributed by atoms with Crippen LogP contribution in [0.3, 0.4) is 0 Å². The van der Waals surface area contributed by atoms with Gasteiger partial charge < -0.3 is 11.1 Å². The lowest BCUT2D eigenvalue weighted by atomic mass is 10.1. The van der Waals surface area contributed by atoms with E-state index in [2.05, 4.69) is 15.3 Å². The highest BCUT2D eigenvalue weighted by Gasteiger charge is 2.09. The molecule has 1 heterocycles. The Bertz CT molecular complexity index is 416. The summed E-state index contributed by atoms with van der Waals surface area (Å²) < 4.78 is 0. The summed E-state index contributed by atoms with van der Waals surface area (Å²) in [6, 6.07) is 11.9. The van der Waals surface area contributed by atoms with E-state index in [1.165, 1.54) is 0 Å². The van der Waals surface area contributed by atoms with Gasteiger partial charge in [-0.3, -0.25) is 0 Å². The average molecular weight is 214 g/mol. The number of nitrogens with one attached hydrogen (secondary N) is 1. The van der Waals surface area contributed by atoms with Crippen molar-refractivity contribution in [3.8, 4) is 0 Å². The molecule has 3 N–H and O–H groups in total. The Morgan fingerprint density at radius 2 is 1.75 bits per heavy atom. The zero-order valence-corrected chi connectivity index (χ0v) is 8.88. The predicted molar refractivity (Wildman–Crippen MR) is 63.9 cm³/mol. The smallest absolute Gasteiger partial charge is 0.223 e. The first-order valence-corrected chi connectivity index (χ1v) is 5.18. The molecular formula is C12H14N4. The topological polar surface area (TPSA) is 63.8 Å². The number of nitrogens with zero attached hydrogens (tertiary/aromatic N) is 2. The molecule has 0 saturated heterocycles. The molecule has 2 rings (SSSR count). The maximum absolute atomic E-state index is 5.73. The second kappa shape index (κ2) is 5.23. The molecule has 4 heteroatoms. The molecule has 4 nitrogen and oxygen atoms in total. The molecule has 0 aliphatic heterocycles. The highest BCUT2D eigenvalue weighted by Crippen LogP contribution is 2.15. The number of hydrogen-bond donors (Lipinski definition) is 2. The Balaban J connectivity index is 2.13. The third-order valence-corrected chi connectivity index (χ3v) is 2.31. The van der Waals surface area contributed by atoms with Gasteiger partial charge in [0.25, 0.3) is 0 Å². The van der Waals surface area contributed by atoms with Crippen LogP contribution in [0, 0.1) is 0 Å². The molecule has 82 valence electrons. The van der Waals surface area contributed by atoms with Crippen molar-refractivity contribution in [3.63, 3.8) is 0 Å². The van der Waals surface area contributed by atoms with Gasteiger partial charge >= 0.3 is 0 Å². The first-order valence-electron chi connectivity index (χ1n) is 5.18. The van der Waals surface area contributed by atoms with Gasteiger partial charge in [0.2, 0.25) is 5.95 Å². The number of rotatable bonds is 4.